The topological polar surface area (TPSA) is 43.4 Å². The van der Waals surface area contributed by atoms with Crippen LogP contribution in [0.1, 0.15) is 46.6 Å². The number of ether oxygens (including phenoxy) is 2. The molecule has 0 saturated heterocycles. The minimum absolute atomic E-state index is 0.112. The molecule has 0 spiro atoms. The summed E-state index contributed by atoms with van der Waals surface area (Å²) in [7, 11) is 1.75. The van der Waals surface area contributed by atoms with Crippen molar-refractivity contribution in [2.75, 3.05) is 7.11 Å². The maximum absolute atomic E-state index is 5.72. The second-order valence-electron chi connectivity index (χ2n) is 6.08. The lowest BCUT2D eigenvalue weighted by Gasteiger charge is -2.27. The summed E-state index contributed by atoms with van der Waals surface area (Å²) < 4.78 is 11.2. The molecule has 0 saturated carbocycles. The number of hydrogen-bond acceptors (Lipinski definition) is 4. The van der Waals surface area contributed by atoms with E-state index in [1.165, 1.54) is 0 Å². The van der Waals surface area contributed by atoms with Crippen LogP contribution in [-0.2, 0) is 11.3 Å². The zero-order valence-corrected chi connectivity index (χ0v) is 13.6. The lowest BCUT2D eigenvalue weighted by molar-refractivity contribution is 0.00843. The highest BCUT2D eigenvalue weighted by Gasteiger charge is 2.20. The van der Waals surface area contributed by atoms with Crippen molar-refractivity contribution in [1.29, 1.82) is 0 Å². The molecule has 1 aromatic rings. The van der Waals surface area contributed by atoms with E-state index in [1.807, 2.05) is 26.0 Å². The Morgan fingerprint density at radius 1 is 1.30 bits per heavy atom. The van der Waals surface area contributed by atoms with Gasteiger partial charge in [0.25, 0.3) is 0 Å². The molecule has 0 aliphatic heterocycles. The molecule has 1 unspecified atom stereocenters. The highest BCUT2D eigenvalue weighted by molar-refractivity contribution is 5.25. The van der Waals surface area contributed by atoms with E-state index in [-0.39, 0.29) is 11.7 Å². The van der Waals surface area contributed by atoms with Crippen molar-refractivity contribution in [3.63, 3.8) is 0 Å². The molecule has 0 radical (unpaired) electrons. The maximum atomic E-state index is 5.72. The summed E-state index contributed by atoms with van der Waals surface area (Å²) in [6.07, 6.45) is 2.84. The molecule has 1 heterocycles. The number of hydrogen-bond donors (Lipinski definition) is 1. The third-order valence-corrected chi connectivity index (χ3v) is 3.19. The third-order valence-electron chi connectivity index (χ3n) is 3.19. The Morgan fingerprint density at radius 3 is 2.60 bits per heavy atom. The molecule has 0 amide bonds. The minimum Gasteiger partial charge on any atom is -0.475 e. The van der Waals surface area contributed by atoms with E-state index in [2.05, 4.69) is 31.1 Å². The van der Waals surface area contributed by atoms with E-state index in [4.69, 9.17) is 9.47 Å². The molecule has 0 bridgehead atoms. The molecule has 1 atom stereocenters. The molecular formula is C16H28N2O2. The van der Waals surface area contributed by atoms with Crippen molar-refractivity contribution >= 4 is 0 Å². The van der Waals surface area contributed by atoms with Gasteiger partial charge in [0.2, 0.25) is 5.88 Å². The molecule has 20 heavy (non-hydrogen) atoms. The van der Waals surface area contributed by atoms with Crippen molar-refractivity contribution in [3.05, 3.63) is 23.9 Å². The van der Waals surface area contributed by atoms with Crippen LogP contribution in [0.15, 0.2) is 18.3 Å². The molecule has 0 aromatic carbocycles. The maximum Gasteiger partial charge on any atom is 0.218 e. The molecule has 1 N–H and O–H groups in total. The van der Waals surface area contributed by atoms with Gasteiger partial charge in [0.05, 0.1) is 11.7 Å². The van der Waals surface area contributed by atoms with Crippen molar-refractivity contribution in [2.24, 2.45) is 0 Å². The zero-order valence-electron chi connectivity index (χ0n) is 13.6. The number of nitrogens with one attached hydrogen (secondary N) is 1. The molecule has 1 aromatic heterocycles. The fourth-order valence-corrected chi connectivity index (χ4v) is 2.07. The van der Waals surface area contributed by atoms with Gasteiger partial charge in [-0.2, -0.15) is 0 Å². The Morgan fingerprint density at radius 2 is 2.00 bits per heavy atom. The summed E-state index contributed by atoms with van der Waals surface area (Å²) in [5.41, 5.74) is 0.974. The van der Waals surface area contributed by atoms with Crippen molar-refractivity contribution in [3.8, 4) is 5.88 Å². The van der Waals surface area contributed by atoms with Gasteiger partial charge in [0, 0.05) is 31.5 Å². The third kappa shape index (κ3) is 5.88. The SMILES string of the molecule is COC(C)(C)CC(C)NCc1cccnc1OC(C)C. The van der Waals surface area contributed by atoms with E-state index in [1.54, 1.807) is 13.3 Å². The fraction of sp³-hybridized carbons (Fsp3) is 0.688. The van der Waals surface area contributed by atoms with Crippen LogP contribution in [0.4, 0.5) is 0 Å². The molecule has 1 rings (SSSR count). The number of methoxy groups -OCH3 is 1. The van der Waals surface area contributed by atoms with Crippen LogP contribution in [0.2, 0.25) is 0 Å². The first-order chi connectivity index (χ1) is 9.34. The summed E-state index contributed by atoms with van der Waals surface area (Å²) >= 11 is 0. The average Bonchev–Trinajstić information content (AvgIpc) is 2.36. The van der Waals surface area contributed by atoms with Gasteiger partial charge in [-0.3, -0.25) is 0 Å². The highest BCUT2D eigenvalue weighted by Crippen LogP contribution is 2.18. The van der Waals surface area contributed by atoms with Gasteiger partial charge < -0.3 is 14.8 Å². The predicted octanol–water partition coefficient (Wildman–Crippen LogP) is 3.16. The first-order valence-electron chi connectivity index (χ1n) is 7.23. The number of aromatic nitrogens is 1. The monoisotopic (exact) mass is 280 g/mol. The number of nitrogens with zero attached hydrogens (tertiary/aromatic N) is 1. The lowest BCUT2D eigenvalue weighted by atomic mass is 10.00. The number of rotatable bonds is 8. The van der Waals surface area contributed by atoms with Crippen LogP contribution in [0, 0.1) is 0 Å². The Labute approximate surface area is 122 Å². The summed E-state index contributed by atoms with van der Waals surface area (Å²) in [6.45, 7) is 11.1. The number of pyridine rings is 1. The molecule has 4 nitrogen and oxygen atoms in total. The van der Waals surface area contributed by atoms with E-state index in [0.29, 0.717) is 11.9 Å². The van der Waals surface area contributed by atoms with Gasteiger partial charge in [-0.05, 0) is 47.1 Å². The predicted molar refractivity (Wildman–Crippen MR) is 82.0 cm³/mol. The van der Waals surface area contributed by atoms with E-state index in [0.717, 1.165) is 18.5 Å². The lowest BCUT2D eigenvalue weighted by Crippen LogP contribution is -2.35. The van der Waals surface area contributed by atoms with Crippen LogP contribution < -0.4 is 10.1 Å². The van der Waals surface area contributed by atoms with E-state index in [9.17, 15) is 0 Å². The summed E-state index contributed by atoms with van der Waals surface area (Å²) in [6, 6.07) is 4.34. The Hall–Kier alpha value is -1.13. The van der Waals surface area contributed by atoms with Gasteiger partial charge >= 0.3 is 0 Å². The van der Waals surface area contributed by atoms with Crippen LogP contribution >= 0.6 is 0 Å². The van der Waals surface area contributed by atoms with Crippen molar-refractivity contribution in [2.45, 2.75) is 65.3 Å². The molecular weight excluding hydrogens is 252 g/mol. The minimum atomic E-state index is -0.112. The molecule has 0 aliphatic rings. The van der Waals surface area contributed by atoms with E-state index < -0.39 is 0 Å². The largest absolute Gasteiger partial charge is 0.475 e. The normalized spacial score (nSPS) is 13.6. The smallest absolute Gasteiger partial charge is 0.218 e. The molecule has 4 heteroatoms. The first kappa shape index (κ1) is 16.9. The first-order valence-corrected chi connectivity index (χ1v) is 7.23. The Bertz CT molecular complexity index is 405. The summed E-state index contributed by atoms with van der Waals surface area (Å²) in [4.78, 5) is 4.30. The molecule has 0 fully saturated rings. The van der Waals surface area contributed by atoms with Gasteiger partial charge in [0.1, 0.15) is 0 Å². The van der Waals surface area contributed by atoms with Crippen molar-refractivity contribution in [1.82, 2.24) is 10.3 Å². The highest BCUT2D eigenvalue weighted by atomic mass is 16.5. The molecule has 114 valence electrons. The Kier molecular flexibility index (Phi) is 6.43. The quantitative estimate of drug-likeness (QED) is 0.794. The van der Waals surface area contributed by atoms with Gasteiger partial charge in [0.15, 0.2) is 0 Å². The van der Waals surface area contributed by atoms with Gasteiger partial charge in [-0.25, -0.2) is 4.98 Å². The van der Waals surface area contributed by atoms with E-state index >= 15 is 0 Å². The van der Waals surface area contributed by atoms with Gasteiger partial charge in [-0.15, -0.1) is 0 Å². The van der Waals surface area contributed by atoms with Crippen LogP contribution in [0.5, 0.6) is 5.88 Å². The summed E-state index contributed by atoms with van der Waals surface area (Å²) in [5, 5.41) is 3.50. The molecule has 0 aliphatic carbocycles. The Balaban J connectivity index is 2.57. The van der Waals surface area contributed by atoms with Crippen LogP contribution in [0.3, 0.4) is 0 Å². The van der Waals surface area contributed by atoms with Gasteiger partial charge in [-0.1, -0.05) is 6.07 Å². The average molecular weight is 280 g/mol. The zero-order chi connectivity index (χ0) is 15.2. The summed E-state index contributed by atoms with van der Waals surface area (Å²) in [5.74, 6) is 0.716. The van der Waals surface area contributed by atoms with Crippen LogP contribution in [0.25, 0.3) is 0 Å². The fourth-order valence-electron chi connectivity index (χ4n) is 2.07. The second kappa shape index (κ2) is 7.60. The van der Waals surface area contributed by atoms with Crippen LogP contribution in [-0.4, -0.2) is 29.8 Å². The standard InChI is InChI=1S/C16H28N2O2/c1-12(2)20-15-14(8-7-9-17-15)11-18-13(3)10-16(4,5)19-6/h7-9,12-13,18H,10-11H2,1-6H3. The second-order valence-corrected chi connectivity index (χ2v) is 6.08. The van der Waals surface area contributed by atoms with Crippen molar-refractivity contribution < 1.29 is 9.47 Å².